The number of hydrogen-bond donors (Lipinski definition) is 1. The van der Waals surface area contributed by atoms with Gasteiger partial charge in [0.2, 0.25) is 10.0 Å². The van der Waals surface area contributed by atoms with Gasteiger partial charge in [-0.1, -0.05) is 38.1 Å². The SMILES string of the molecule is Cc1ccc(S(=O)(=O)N2CCN(C)CC2)cc1C(=O)NCCOc1ccccc1C(C)C. The molecular formula is C24H33N3O4S. The number of rotatable bonds is 8. The zero-order valence-corrected chi connectivity index (χ0v) is 20.1. The first-order valence-electron chi connectivity index (χ1n) is 11.0. The quantitative estimate of drug-likeness (QED) is 0.614. The molecule has 0 bridgehead atoms. The van der Waals surface area contributed by atoms with Crippen LogP contribution in [-0.2, 0) is 10.0 Å². The number of likely N-dealkylation sites (N-methyl/N-ethyl adjacent to an activating group) is 1. The standard InChI is InChI=1S/C24H33N3O4S/c1-18(2)21-7-5-6-8-23(21)31-16-11-25-24(28)22-17-20(10-9-19(22)3)32(29,30)27-14-12-26(4)13-15-27/h5-10,17-18H,11-16H2,1-4H3,(H,25,28). The Kier molecular flexibility index (Phi) is 7.92. The van der Waals surface area contributed by atoms with E-state index < -0.39 is 10.0 Å². The van der Waals surface area contributed by atoms with E-state index in [0.29, 0.717) is 50.8 Å². The van der Waals surface area contributed by atoms with Crippen molar-refractivity contribution in [2.45, 2.75) is 31.6 Å². The Balaban J connectivity index is 1.63. The summed E-state index contributed by atoms with van der Waals surface area (Å²) in [7, 11) is -1.65. The van der Waals surface area contributed by atoms with Crippen LogP contribution in [0.5, 0.6) is 5.75 Å². The van der Waals surface area contributed by atoms with Crippen LogP contribution in [0.15, 0.2) is 47.4 Å². The number of hydrogen-bond acceptors (Lipinski definition) is 5. The lowest BCUT2D eigenvalue weighted by atomic mass is 10.0. The summed E-state index contributed by atoms with van der Waals surface area (Å²) < 4.78 is 33.4. The van der Waals surface area contributed by atoms with E-state index in [4.69, 9.17) is 4.74 Å². The molecule has 2 aromatic rings. The number of amides is 1. The average Bonchev–Trinajstić information content (AvgIpc) is 2.77. The third kappa shape index (κ3) is 5.68. The van der Waals surface area contributed by atoms with E-state index in [-0.39, 0.29) is 10.8 Å². The van der Waals surface area contributed by atoms with Crippen molar-refractivity contribution in [2.24, 2.45) is 0 Å². The summed E-state index contributed by atoms with van der Waals surface area (Å²) in [6.45, 7) is 8.94. The molecule has 0 atom stereocenters. The lowest BCUT2D eigenvalue weighted by Crippen LogP contribution is -2.47. The first-order valence-corrected chi connectivity index (χ1v) is 12.4. The van der Waals surface area contributed by atoms with Crippen LogP contribution in [0.4, 0.5) is 0 Å². The summed E-state index contributed by atoms with van der Waals surface area (Å²) in [5.41, 5.74) is 2.21. The van der Waals surface area contributed by atoms with Crippen LogP contribution in [0.2, 0.25) is 0 Å². The number of piperazine rings is 1. The molecule has 0 saturated carbocycles. The highest BCUT2D eigenvalue weighted by Gasteiger charge is 2.28. The van der Waals surface area contributed by atoms with Gasteiger partial charge >= 0.3 is 0 Å². The van der Waals surface area contributed by atoms with Crippen LogP contribution < -0.4 is 10.1 Å². The molecule has 1 saturated heterocycles. The molecular weight excluding hydrogens is 426 g/mol. The lowest BCUT2D eigenvalue weighted by Gasteiger charge is -2.31. The molecule has 0 radical (unpaired) electrons. The van der Waals surface area contributed by atoms with Gasteiger partial charge in [-0.05, 0) is 49.2 Å². The number of ether oxygens (including phenoxy) is 1. The summed E-state index contributed by atoms with van der Waals surface area (Å²) in [6, 6.07) is 12.6. The van der Waals surface area contributed by atoms with E-state index in [2.05, 4.69) is 24.1 Å². The Hall–Kier alpha value is -2.42. The van der Waals surface area contributed by atoms with E-state index in [1.165, 1.54) is 10.4 Å². The number of para-hydroxylation sites is 1. The molecule has 2 aromatic carbocycles. The van der Waals surface area contributed by atoms with Crippen molar-refractivity contribution >= 4 is 15.9 Å². The number of nitrogens with zero attached hydrogens (tertiary/aromatic N) is 2. The Bertz CT molecular complexity index is 1040. The van der Waals surface area contributed by atoms with Crippen LogP contribution in [0.3, 0.4) is 0 Å². The number of carbonyl (C=O) groups excluding carboxylic acids is 1. The number of aryl methyl sites for hydroxylation is 1. The largest absolute Gasteiger partial charge is 0.491 e. The molecule has 1 amide bonds. The molecule has 3 rings (SSSR count). The average molecular weight is 460 g/mol. The van der Waals surface area contributed by atoms with Gasteiger partial charge in [-0.3, -0.25) is 4.79 Å². The highest BCUT2D eigenvalue weighted by molar-refractivity contribution is 7.89. The van der Waals surface area contributed by atoms with Crippen LogP contribution >= 0.6 is 0 Å². The molecule has 0 aliphatic carbocycles. The highest BCUT2D eigenvalue weighted by Crippen LogP contribution is 2.25. The van der Waals surface area contributed by atoms with Gasteiger partial charge in [-0.15, -0.1) is 0 Å². The summed E-state index contributed by atoms with van der Waals surface area (Å²) >= 11 is 0. The lowest BCUT2D eigenvalue weighted by molar-refractivity contribution is 0.0946. The minimum absolute atomic E-state index is 0.153. The normalized spacial score (nSPS) is 15.7. The second-order valence-corrected chi connectivity index (χ2v) is 10.4. The van der Waals surface area contributed by atoms with Gasteiger partial charge < -0.3 is 15.0 Å². The number of carbonyl (C=O) groups is 1. The smallest absolute Gasteiger partial charge is 0.251 e. The molecule has 7 nitrogen and oxygen atoms in total. The number of benzene rings is 2. The Morgan fingerprint density at radius 2 is 1.78 bits per heavy atom. The summed E-state index contributed by atoms with van der Waals surface area (Å²) in [4.78, 5) is 15.0. The molecule has 0 unspecified atom stereocenters. The van der Waals surface area contributed by atoms with Gasteiger partial charge in [0.05, 0.1) is 11.4 Å². The monoisotopic (exact) mass is 459 g/mol. The van der Waals surface area contributed by atoms with E-state index >= 15 is 0 Å². The molecule has 1 fully saturated rings. The van der Waals surface area contributed by atoms with Crippen LogP contribution in [0.1, 0.15) is 41.3 Å². The first-order chi connectivity index (χ1) is 15.2. The summed E-state index contributed by atoms with van der Waals surface area (Å²) in [5, 5.41) is 2.84. The third-order valence-electron chi connectivity index (χ3n) is 5.74. The molecule has 1 aliphatic rings. The van der Waals surface area contributed by atoms with E-state index in [1.807, 2.05) is 31.3 Å². The predicted molar refractivity (Wildman–Crippen MR) is 126 cm³/mol. The minimum atomic E-state index is -3.63. The molecule has 0 aromatic heterocycles. The highest BCUT2D eigenvalue weighted by atomic mass is 32.2. The molecule has 1 heterocycles. The van der Waals surface area contributed by atoms with Crippen LogP contribution in [-0.4, -0.2) is 69.9 Å². The van der Waals surface area contributed by atoms with Gasteiger partial charge in [0.15, 0.2) is 0 Å². The van der Waals surface area contributed by atoms with Gasteiger partial charge in [0.25, 0.3) is 5.91 Å². The van der Waals surface area contributed by atoms with E-state index in [1.54, 1.807) is 19.1 Å². The molecule has 8 heteroatoms. The molecule has 32 heavy (non-hydrogen) atoms. The van der Waals surface area contributed by atoms with E-state index in [9.17, 15) is 13.2 Å². The second-order valence-electron chi connectivity index (χ2n) is 8.48. The summed E-state index contributed by atoms with van der Waals surface area (Å²) in [6.07, 6.45) is 0. The fourth-order valence-electron chi connectivity index (χ4n) is 3.69. The maximum absolute atomic E-state index is 13.0. The van der Waals surface area contributed by atoms with Crippen molar-refractivity contribution in [3.63, 3.8) is 0 Å². The van der Waals surface area contributed by atoms with Crippen molar-refractivity contribution in [3.8, 4) is 5.75 Å². The molecule has 1 N–H and O–H groups in total. The topological polar surface area (TPSA) is 79.0 Å². The summed E-state index contributed by atoms with van der Waals surface area (Å²) in [5.74, 6) is 0.848. The second kappa shape index (κ2) is 10.5. The maximum Gasteiger partial charge on any atom is 0.251 e. The Labute approximate surface area is 191 Å². The van der Waals surface area contributed by atoms with Crippen molar-refractivity contribution < 1.29 is 17.9 Å². The van der Waals surface area contributed by atoms with Gasteiger partial charge in [-0.2, -0.15) is 4.31 Å². The van der Waals surface area contributed by atoms with Gasteiger partial charge in [0, 0.05) is 31.7 Å². The fraction of sp³-hybridized carbons (Fsp3) is 0.458. The minimum Gasteiger partial charge on any atom is -0.491 e. The third-order valence-corrected chi connectivity index (χ3v) is 7.63. The number of sulfonamides is 1. The van der Waals surface area contributed by atoms with Crippen LogP contribution in [0.25, 0.3) is 0 Å². The zero-order chi connectivity index (χ0) is 23.3. The van der Waals surface area contributed by atoms with Crippen LogP contribution in [0, 0.1) is 6.92 Å². The van der Waals surface area contributed by atoms with E-state index in [0.717, 1.165) is 16.9 Å². The van der Waals surface area contributed by atoms with Crippen molar-refractivity contribution in [1.29, 1.82) is 0 Å². The number of nitrogens with one attached hydrogen (secondary N) is 1. The zero-order valence-electron chi connectivity index (χ0n) is 19.3. The van der Waals surface area contributed by atoms with Gasteiger partial charge in [0.1, 0.15) is 12.4 Å². The predicted octanol–water partition coefficient (Wildman–Crippen LogP) is 2.86. The van der Waals surface area contributed by atoms with Crippen molar-refractivity contribution in [1.82, 2.24) is 14.5 Å². The van der Waals surface area contributed by atoms with Crippen molar-refractivity contribution in [3.05, 3.63) is 59.2 Å². The molecule has 0 spiro atoms. The van der Waals surface area contributed by atoms with Gasteiger partial charge in [-0.25, -0.2) is 8.42 Å². The maximum atomic E-state index is 13.0. The molecule has 1 aliphatic heterocycles. The molecule has 174 valence electrons. The Morgan fingerprint density at radius 1 is 1.09 bits per heavy atom. The van der Waals surface area contributed by atoms with Crippen molar-refractivity contribution in [2.75, 3.05) is 46.4 Å². The fourth-order valence-corrected chi connectivity index (χ4v) is 5.14. The Morgan fingerprint density at radius 3 is 2.47 bits per heavy atom. The first kappa shape index (κ1) is 24.2.